The van der Waals surface area contributed by atoms with E-state index in [9.17, 15) is 18.0 Å². The summed E-state index contributed by atoms with van der Waals surface area (Å²) in [6.45, 7) is 3.24. The first kappa shape index (κ1) is 16.9. The molecule has 0 unspecified atom stereocenters. The number of benzene rings is 2. The van der Waals surface area contributed by atoms with E-state index >= 15 is 0 Å². The van der Waals surface area contributed by atoms with Crippen LogP contribution in [0.5, 0.6) is 5.75 Å². The molecule has 122 valence electrons. The van der Waals surface area contributed by atoms with Crippen molar-refractivity contribution in [1.29, 1.82) is 0 Å². The monoisotopic (exact) mass is 323 g/mol. The van der Waals surface area contributed by atoms with Crippen molar-refractivity contribution in [1.82, 2.24) is 0 Å². The Bertz CT molecular complexity index is 682. The lowest BCUT2D eigenvalue weighted by atomic mass is 10.0. The van der Waals surface area contributed by atoms with Gasteiger partial charge in [-0.15, -0.1) is 0 Å². The van der Waals surface area contributed by atoms with Crippen LogP contribution in [0, 0.1) is 0 Å². The van der Waals surface area contributed by atoms with E-state index in [4.69, 9.17) is 4.74 Å². The number of para-hydroxylation sites is 1. The fourth-order valence-electron chi connectivity index (χ4n) is 2.08. The minimum absolute atomic E-state index is 0.354. The molecule has 0 radical (unpaired) electrons. The normalized spacial score (nSPS) is 11.4. The lowest BCUT2D eigenvalue weighted by molar-refractivity contribution is -0.139. The molecule has 0 spiro atoms. The average molecular weight is 323 g/mol. The largest absolute Gasteiger partial charge is 0.490 e. The third kappa shape index (κ3) is 4.25. The summed E-state index contributed by atoms with van der Waals surface area (Å²) < 4.78 is 45.4. The lowest BCUT2D eigenvalue weighted by Gasteiger charge is -2.19. The topological polar surface area (TPSA) is 38.3 Å². The Kier molecular flexibility index (Phi) is 4.93. The van der Waals surface area contributed by atoms with Gasteiger partial charge in [0.25, 0.3) is 5.91 Å². The van der Waals surface area contributed by atoms with Gasteiger partial charge in [-0.25, -0.2) is 0 Å². The zero-order valence-corrected chi connectivity index (χ0v) is 12.6. The molecule has 3 nitrogen and oxygen atoms in total. The first-order chi connectivity index (χ1) is 10.8. The summed E-state index contributed by atoms with van der Waals surface area (Å²) in [6.07, 6.45) is -5.14. The number of ether oxygens (including phenoxy) is 1. The first-order valence-electron chi connectivity index (χ1n) is 7.02. The fraction of sp³-hybridized carbons (Fsp3) is 0.235. The summed E-state index contributed by atoms with van der Waals surface area (Å²) in [5.41, 5.74) is -1.12. The van der Waals surface area contributed by atoms with Gasteiger partial charge in [0.05, 0.1) is 11.7 Å². The Morgan fingerprint density at radius 2 is 1.70 bits per heavy atom. The maximum Gasteiger partial charge on any atom is 0.420 e. The predicted molar refractivity (Wildman–Crippen MR) is 81.6 cm³/mol. The number of nitrogens with one attached hydrogen (secondary N) is 1. The van der Waals surface area contributed by atoms with Crippen LogP contribution in [0.2, 0.25) is 0 Å². The first-order valence-corrected chi connectivity index (χ1v) is 7.02. The molecule has 1 amide bonds. The molecule has 2 rings (SSSR count). The Hall–Kier alpha value is -2.50. The summed E-state index contributed by atoms with van der Waals surface area (Å²) in [5.74, 6) is -1.19. The fourth-order valence-corrected chi connectivity index (χ4v) is 2.08. The molecule has 23 heavy (non-hydrogen) atoms. The number of rotatable bonds is 4. The predicted octanol–water partition coefficient (Wildman–Crippen LogP) is 4.74. The molecular weight excluding hydrogens is 307 g/mol. The number of amides is 1. The van der Waals surface area contributed by atoms with Gasteiger partial charge in [0.15, 0.2) is 0 Å². The number of carbonyl (C=O) groups is 1. The van der Waals surface area contributed by atoms with Gasteiger partial charge in [0.2, 0.25) is 0 Å². The number of hydrogen-bond donors (Lipinski definition) is 1. The SMILES string of the molecule is CC(C)Oc1cccc(C(=O)Nc2ccccc2)c1C(F)(F)F. The number of anilines is 1. The van der Waals surface area contributed by atoms with Gasteiger partial charge >= 0.3 is 6.18 Å². The zero-order valence-electron chi connectivity index (χ0n) is 12.6. The second kappa shape index (κ2) is 6.73. The molecule has 0 aliphatic rings. The van der Waals surface area contributed by atoms with Crippen LogP contribution in [0.25, 0.3) is 0 Å². The molecule has 0 bridgehead atoms. The van der Waals surface area contributed by atoms with Gasteiger partial charge in [-0.2, -0.15) is 13.2 Å². The van der Waals surface area contributed by atoms with Crippen molar-refractivity contribution in [2.45, 2.75) is 26.1 Å². The third-order valence-corrected chi connectivity index (χ3v) is 2.95. The quantitative estimate of drug-likeness (QED) is 0.882. The molecule has 2 aromatic rings. The van der Waals surface area contributed by atoms with E-state index in [0.29, 0.717) is 5.69 Å². The number of halogens is 3. The zero-order chi connectivity index (χ0) is 17.0. The molecule has 0 atom stereocenters. The van der Waals surface area contributed by atoms with Gasteiger partial charge < -0.3 is 10.1 Å². The molecule has 2 aromatic carbocycles. The highest BCUT2D eigenvalue weighted by Gasteiger charge is 2.39. The molecule has 0 aromatic heterocycles. The van der Waals surface area contributed by atoms with Crippen molar-refractivity contribution in [3.63, 3.8) is 0 Å². The third-order valence-electron chi connectivity index (χ3n) is 2.95. The van der Waals surface area contributed by atoms with Crippen molar-refractivity contribution in [3.8, 4) is 5.75 Å². The number of carbonyl (C=O) groups excluding carboxylic acids is 1. The minimum Gasteiger partial charge on any atom is -0.490 e. The van der Waals surface area contributed by atoms with E-state index in [1.54, 1.807) is 44.2 Å². The molecule has 0 heterocycles. The van der Waals surface area contributed by atoms with Crippen LogP contribution in [0.3, 0.4) is 0 Å². The maximum atomic E-state index is 13.4. The maximum absolute atomic E-state index is 13.4. The lowest BCUT2D eigenvalue weighted by Crippen LogP contribution is -2.21. The molecule has 6 heteroatoms. The van der Waals surface area contributed by atoms with Crippen LogP contribution < -0.4 is 10.1 Å². The summed E-state index contributed by atoms with van der Waals surface area (Å²) in [5, 5.41) is 2.46. The Labute approximate surface area is 132 Å². The van der Waals surface area contributed by atoms with Gasteiger partial charge in [0, 0.05) is 5.69 Å². The van der Waals surface area contributed by atoms with Crippen LogP contribution in [0.4, 0.5) is 18.9 Å². The van der Waals surface area contributed by atoms with E-state index in [2.05, 4.69) is 5.32 Å². The summed E-state index contributed by atoms with van der Waals surface area (Å²) >= 11 is 0. The van der Waals surface area contributed by atoms with Crippen LogP contribution in [-0.4, -0.2) is 12.0 Å². The van der Waals surface area contributed by atoms with Crippen molar-refractivity contribution in [2.75, 3.05) is 5.32 Å². The molecule has 0 saturated carbocycles. The standard InChI is InChI=1S/C17H16F3NO2/c1-11(2)23-14-10-6-9-13(15(14)17(18,19)20)16(22)21-12-7-4-3-5-8-12/h3-11H,1-2H3,(H,21,22). The van der Waals surface area contributed by atoms with Crippen LogP contribution >= 0.6 is 0 Å². The second-order valence-electron chi connectivity index (χ2n) is 5.16. The highest BCUT2D eigenvalue weighted by molar-refractivity contribution is 6.05. The van der Waals surface area contributed by atoms with Gasteiger partial charge in [-0.3, -0.25) is 4.79 Å². The van der Waals surface area contributed by atoms with Crippen molar-refractivity contribution >= 4 is 11.6 Å². The van der Waals surface area contributed by atoms with E-state index in [-0.39, 0.29) is 5.75 Å². The molecular formula is C17H16F3NO2. The van der Waals surface area contributed by atoms with Gasteiger partial charge in [0.1, 0.15) is 11.3 Å². The van der Waals surface area contributed by atoms with Crippen molar-refractivity contribution in [2.24, 2.45) is 0 Å². The van der Waals surface area contributed by atoms with Crippen LogP contribution in [0.15, 0.2) is 48.5 Å². The Morgan fingerprint density at radius 1 is 1.04 bits per heavy atom. The molecule has 0 saturated heterocycles. The van der Waals surface area contributed by atoms with Crippen LogP contribution in [0.1, 0.15) is 29.8 Å². The highest BCUT2D eigenvalue weighted by atomic mass is 19.4. The summed E-state index contributed by atoms with van der Waals surface area (Å²) in [7, 11) is 0. The van der Waals surface area contributed by atoms with E-state index < -0.39 is 29.3 Å². The molecule has 0 aliphatic carbocycles. The molecule has 0 fully saturated rings. The van der Waals surface area contributed by atoms with Crippen molar-refractivity contribution < 1.29 is 22.7 Å². The average Bonchev–Trinajstić information content (AvgIpc) is 2.46. The number of alkyl halides is 3. The van der Waals surface area contributed by atoms with Gasteiger partial charge in [-0.05, 0) is 38.1 Å². The second-order valence-corrected chi connectivity index (χ2v) is 5.16. The van der Waals surface area contributed by atoms with Crippen LogP contribution in [-0.2, 0) is 6.18 Å². The highest BCUT2D eigenvalue weighted by Crippen LogP contribution is 2.39. The van der Waals surface area contributed by atoms with E-state index in [1.165, 1.54) is 12.1 Å². The van der Waals surface area contributed by atoms with Gasteiger partial charge in [-0.1, -0.05) is 24.3 Å². The molecule has 0 aliphatic heterocycles. The Balaban J connectivity index is 2.43. The van der Waals surface area contributed by atoms with E-state index in [0.717, 1.165) is 6.07 Å². The Morgan fingerprint density at radius 3 is 2.26 bits per heavy atom. The van der Waals surface area contributed by atoms with Crippen molar-refractivity contribution in [3.05, 3.63) is 59.7 Å². The van der Waals surface area contributed by atoms with E-state index in [1.807, 2.05) is 0 Å². The summed E-state index contributed by atoms with van der Waals surface area (Å²) in [4.78, 5) is 12.3. The summed E-state index contributed by atoms with van der Waals surface area (Å²) in [6, 6.07) is 12.0. The number of hydrogen-bond acceptors (Lipinski definition) is 2. The molecule has 1 N–H and O–H groups in total. The minimum atomic E-state index is -4.70. The smallest absolute Gasteiger partial charge is 0.420 e.